The number of aryl methyl sites for hydroxylation is 2. The molecule has 166 valence electrons. The van der Waals surface area contributed by atoms with Gasteiger partial charge >= 0.3 is 16.2 Å². The van der Waals surface area contributed by atoms with Crippen molar-refractivity contribution < 1.29 is 21.6 Å². The molecule has 3 N–H and O–H groups in total. The lowest BCUT2D eigenvalue weighted by Gasteiger charge is -2.16. The molecule has 0 unspecified atom stereocenters. The highest BCUT2D eigenvalue weighted by molar-refractivity contribution is 7.90. The van der Waals surface area contributed by atoms with Gasteiger partial charge in [-0.2, -0.15) is 13.1 Å². The third-order valence-electron chi connectivity index (χ3n) is 5.73. The van der Waals surface area contributed by atoms with Gasteiger partial charge in [0.2, 0.25) is 0 Å². The number of carbonyl (C=O) groups excluding carboxylic acids is 1. The Kier molecular flexibility index (Phi) is 5.80. The van der Waals surface area contributed by atoms with Crippen LogP contribution in [0.25, 0.3) is 0 Å². The fourth-order valence-electron chi connectivity index (χ4n) is 4.33. The normalized spacial score (nSPS) is 15.4. The average Bonchev–Trinajstić information content (AvgIpc) is 3.34. The van der Waals surface area contributed by atoms with Crippen LogP contribution in [0.4, 0.5) is 10.5 Å². The number of anilines is 1. The Labute approximate surface area is 182 Å². The summed E-state index contributed by atoms with van der Waals surface area (Å²) in [6.07, 6.45) is 6.84. The number of benzene rings is 2. The second kappa shape index (κ2) is 8.25. The summed E-state index contributed by atoms with van der Waals surface area (Å²) in [5.41, 5.74) is 5.92. The predicted molar refractivity (Wildman–Crippen MR) is 118 cm³/mol. The molecule has 0 bridgehead atoms. The van der Waals surface area contributed by atoms with Gasteiger partial charge in [-0.05, 0) is 78.5 Å². The molecule has 2 aromatic rings. The number of nitrogens with one attached hydrogen (secondary N) is 3. The molecule has 0 fully saturated rings. The number of carbonyl (C=O) groups is 1. The lowest BCUT2D eigenvalue weighted by atomic mass is 9.99. The average molecular weight is 464 g/mol. The molecule has 2 aromatic carbocycles. The van der Waals surface area contributed by atoms with E-state index in [1.165, 1.54) is 29.3 Å². The van der Waals surface area contributed by atoms with Crippen LogP contribution in [0.15, 0.2) is 35.2 Å². The summed E-state index contributed by atoms with van der Waals surface area (Å²) in [5.74, 6) is 0. The Morgan fingerprint density at radius 1 is 0.935 bits per heavy atom. The van der Waals surface area contributed by atoms with E-state index in [0.717, 1.165) is 61.6 Å². The minimum atomic E-state index is -4.14. The van der Waals surface area contributed by atoms with E-state index < -0.39 is 26.1 Å². The molecule has 4 rings (SSSR count). The zero-order valence-corrected chi connectivity index (χ0v) is 18.8. The van der Waals surface area contributed by atoms with Crippen LogP contribution in [0.2, 0.25) is 0 Å². The minimum absolute atomic E-state index is 0.0988. The fourth-order valence-corrected chi connectivity index (χ4v) is 5.74. The van der Waals surface area contributed by atoms with Crippen molar-refractivity contribution in [1.82, 2.24) is 9.44 Å². The van der Waals surface area contributed by atoms with Crippen molar-refractivity contribution in [2.45, 2.75) is 50.0 Å². The molecule has 0 aromatic heterocycles. The molecule has 0 atom stereocenters. The SMILES string of the molecule is CS(=O)(=O)c1cccc(CNS(=O)(=O)NC(=O)Nc2c3c(cc4c2CCC4)CCC3)c1. The van der Waals surface area contributed by atoms with Gasteiger partial charge < -0.3 is 5.32 Å². The molecule has 0 saturated carbocycles. The zero-order valence-electron chi connectivity index (χ0n) is 17.2. The van der Waals surface area contributed by atoms with E-state index in [2.05, 4.69) is 16.1 Å². The molecule has 2 aliphatic rings. The monoisotopic (exact) mass is 463 g/mol. The largest absolute Gasteiger partial charge is 0.333 e. The number of fused-ring (bicyclic) bond motifs is 2. The third-order valence-corrected chi connectivity index (χ3v) is 7.82. The molecule has 2 amide bonds. The first-order valence-corrected chi connectivity index (χ1v) is 13.5. The predicted octanol–water partition coefficient (Wildman–Crippen LogP) is 2.22. The summed E-state index contributed by atoms with van der Waals surface area (Å²) in [4.78, 5) is 12.6. The van der Waals surface area contributed by atoms with Crippen LogP contribution in [-0.4, -0.2) is 29.1 Å². The highest BCUT2D eigenvalue weighted by Crippen LogP contribution is 2.38. The molecule has 0 spiro atoms. The van der Waals surface area contributed by atoms with Crippen LogP contribution in [0.1, 0.15) is 40.7 Å². The zero-order chi connectivity index (χ0) is 22.2. The van der Waals surface area contributed by atoms with Gasteiger partial charge in [-0.25, -0.2) is 17.9 Å². The molecule has 8 nitrogen and oxygen atoms in total. The van der Waals surface area contributed by atoms with Gasteiger partial charge in [0.15, 0.2) is 9.84 Å². The van der Waals surface area contributed by atoms with E-state index >= 15 is 0 Å². The van der Waals surface area contributed by atoms with Gasteiger partial charge in [0.1, 0.15) is 0 Å². The van der Waals surface area contributed by atoms with E-state index in [4.69, 9.17) is 0 Å². The molecule has 31 heavy (non-hydrogen) atoms. The lowest BCUT2D eigenvalue weighted by Crippen LogP contribution is -2.42. The van der Waals surface area contributed by atoms with Crippen LogP contribution >= 0.6 is 0 Å². The number of hydrogen-bond donors (Lipinski definition) is 3. The molecular weight excluding hydrogens is 438 g/mol. The number of hydrogen-bond acceptors (Lipinski definition) is 5. The Bertz CT molecular complexity index is 1220. The van der Waals surface area contributed by atoms with Crippen LogP contribution in [0, 0.1) is 0 Å². The van der Waals surface area contributed by atoms with Gasteiger partial charge in [-0.3, -0.25) is 0 Å². The summed E-state index contributed by atoms with van der Waals surface area (Å²) in [6.45, 7) is -0.151. The first kappa shape index (κ1) is 21.8. The van der Waals surface area contributed by atoms with Crippen molar-refractivity contribution in [3.8, 4) is 0 Å². The summed E-state index contributed by atoms with van der Waals surface area (Å²) < 4.78 is 52.3. The summed E-state index contributed by atoms with van der Waals surface area (Å²) in [6, 6.07) is 7.40. The van der Waals surface area contributed by atoms with Gasteiger partial charge in [-0.15, -0.1) is 0 Å². The maximum Gasteiger partial charge on any atom is 0.333 e. The molecular formula is C21H25N3O5S2. The first-order valence-electron chi connectivity index (χ1n) is 10.2. The highest BCUT2D eigenvalue weighted by Gasteiger charge is 2.26. The van der Waals surface area contributed by atoms with Gasteiger partial charge in [-0.1, -0.05) is 18.2 Å². The molecule has 2 aliphatic carbocycles. The fraction of sp³-hybridized carbons (Fsp3) is 0.381. The number of amides is 2. The standard InChI is InChI=1S/C21H25N3O5S2/c1-30(26,27)17-8-2-5-14(11-17)13-22-31(28,29)24-21(25)23-20-18-9-3-6-15(18)12-16-7-4-10-19(16)20/h2,5,8,11-12,22H,3-4,6-7,9-10,13H2,1H3,(H2,23,24,25). The van der Waals surface area contributed by atoms with Crippen molar-refractivity contribution in [1.29, 1.82) is 0 Å². The van der Waals surface area contributed by atoms with Crippen LogP contribution in [0.3, 0.4) is 0 Å². The van der Waals surface area contributed by atoms with Crippen LogP contribution < -0.4 is 14.8 Å². The third kappa shape index (κ3) is 4.91. The topological polar surface area (TPSA) is 121 Å². The van der Waals surface area contributed by atoms with Gasteiger partial charge in [0.05, 0.1) is 4.90 Å². The molecule has 0 saturated heterocycles. The van der Waals surface area contributed by atoms with Crippen molar-refractivity contribution in [3.05, 3.63) is 58.1 Å². The highest BCUT2D eigenvalue weighted by atomic mass is 32.2. The smallest absolute Gasteiger partial charge is 0.307 e. The lowest BCUT2D eigenvalue weighted by molar-refractivity contribution is 0.256. The van der Waals surface area contributed by atoms with E-state index in [1.54, 1.807) is 6.07 Å². The van der Waals surface area contributed by atoms with Crippen molar-refractivity contribution in [2.24, 2.45) is 0 Å². The molecule has 10 heteroatoms. The minimum Gasteiger partial charge on any atom is -0.307 e. The molecule has 0 heterocycles. The van der Waals surface area contributed by atoms with Gasteiger partial charge in [0.25, 0.3) is 0 Å². The van der Waals surface area contributed by atoms with Crippen molar-refractivity contribution in [2.75, 3.05) is 11.6 Å². The van der Waals surface area contributed by atoms with E-state index in [0.29, 0.717) is 5.56 Å². The quantitative estimate of drug-likeness (QED) is 0.607. The van der Waals surface area contributed by atoms with Crippen molar-refractivity contribution >= 4 is 31.8 Å². The summed E-state index contributed by atoms with van der Waals surface area (Å²) in [5, 5.41) is 2.78. The van der Waals surface area contributed by atoms with E-state index in [9.17, 15) is 21.6 Å². The maximum atomic E-state index is 12.5. The second-order valence-electron chi connectivity index (χ2n) is 8.03. The Hall–Kier alpha value is -2.43. The van der Waals surface area contributed by atoms with E-state index in [-0.39, 0.29) is 11.4 Å². The van der Waals surface area contributed by atoms with Crippen LogP contribution in [0.5, 0.6) is 0 Å². The Balaban J connectivity index is 1.44. The van der Waals surface area contributed by atoms with E-state index in [1.807, 2.05) is 4.72 Å². The summed E-state index contributed by atoms with van der Waals surface area (Å²) in [7, 11) is -7.54. The number of sulfone groups is 1. The van der Waals surface area contributed by atoms with Crippen molar-refractivity contribution in [3.63, 3.8) is 0 Å². The maximum absolute atomic E-state index is 12.5. The molecule has 0 aliphatic heterocycles. The van der Waals surface area contributed by atoms with Crippen LogP contribution in [-0.2, 0) is 52.3 Å². The number of rotatable bonds is 6. The summed E-state index contributed by atoms with van der Waals surface area (Å²) >= 11 is 0. The van der Waals surface area contributed by atoms with Gasteiger partial charge in [0, 0.05) is 18.5 Å². The molecule has 0 radical (unpaired) electrons. The second-order valence-corrected chi connectivity index (χ2v) is 11.5. The number of urea groups is 1. The Morgan fingerprint density at radius 2 is 1.58 bits per heavy atom. The Morgan fingerprint density at radius 3 is 2.19 bits per heavy atom. The first-order chi connectivity index (χ1) is 14.6.